The molecule has 9 heteroatoms. The Morgan fingerprint density at radius 3 is 2.28 bits per heavy atom. The third kappa shape index (κ3) is 4.49. The Morgan fingerprint density at radius 2 is 1.58 bits per heavy atom. The summed E-state index contributed by atoms with van der Waals surface area (Å²) in [7, 11) is 0. The molecule has 0 N–H and O–H groups in total. The van der Waals surface area contributed by atoms with Crippen LogP contribution in [0.25, 0.3) is 10.9 Å². The number of fused-ring (bicyclic) bond motifs is 2. The highest BCUT2D eigenvalue weighted by Crippen LogP contribution is 2.55. The van der Waals surface area contributed by atoms with Crippen molar-refractivity contribution in [3.8, 4) is 0 Å². The predicted octanol–water partition coefficient (Wildman–Crippen LogP) is 8.86. The molecule has 5 nitrogen and oxygen atoms in total. The van der Waals surface area contributed by atoms with Gasteiger partial charge in [-0.25, -0.2) is 4.79 Å². The first-order valence-electron chi connectivity index (χ1n) is 12.0. The molecule has 0 saturated heterocycles. The van der Waals surface area contributed by atoms with Gasteiger partial charge in [-0.2, -0.15) is 0 Å². The number of unbranched alkanes of at least 4 members (excludes halogenated alkanes) is 5. The molecular weight excluding hydrogens is 544 g/mol. The molecule has 1 aromatic heterocycles. The summed E-state index contributed by atoms with van der Waals surface area (Å²) in [4.78, 5) is 25.6. The Bertz CT molecular complexity index is 1350. The van der Waals surface area contributed by atoms with Crippen LogP contribution in [0.2, 0.25) is 20.1 Å². The second kappa shape index (κ2) is 10.8. The summed E-state index contributed by atoms with van der Waals surface area (Å²) >= 11 is 25.7. The summed E-state index contributed by atoms with van der Waals surface area (Å²) in [6.45, 7) is 6.11. The summed E-state index contributed by atoms with van der Waals surface area (Å²) in [5.74, 6) is -3.44. The molecule has 0 spiro atoms. The van der Waals surface area contributed by atoms with Gasteiger partial charge in [0.15, 0.2) is 0 Å². The molecule has 3 aromatic rings. The molecule has 36 heavy (non-hydrogen) atoms. The van der Waals surface area contributed by atoms with E-state index in [1.165, 1.54) is 32.6 Å². The van der Waals surface area contributed by atoms with E-state index >= 15 is 0 Å². The van der Waals surface area contributed by atoms with Crippen LogP contribution in [0.1, 0.15) is 79.6 Å². The maximum Gasteiger partial charge on any atom is 0.344 e. The number of cyclic esters (lactones) is 1. The fourth-order valence-electron chi connectivity index (χ4n) is 5.05. The molecule has 4 rings (SSSR count). The van der Waals surface area contributed by atoms with Crippen molar-refractivity contribution in [2.75, 3.05) is 0 Å². The minimum atomic E-state index is -1.97. The lowest BCUT2D eigenvalue weighted by atomic mass is 9.93. The van der Waals surface area contributed by atoms with Gasteiger partial charge in [-0.3, -0.25) is 4.79 Å². The van der Waals surface area contributed by atoms with E-state index < -0.39 is 17.7 Å². The lowest BCUT2D eigenvalue weighted by molar-refractivity contribution is -0.190. The molecule has 2 heterocycles. The van der Waals surface area contributed by atoms with Gasteiger partial charge >= 0.3 is 17.7 Å². The Morgan fingerprint density at radius 1 is 0.944 bits per heavy atom. The van der Waals surface area contributed by atoms with E-state index in [-0.39, 0.29) is 31.2 Å². The first-order chi connectivity index (χ1) is 17.2. The van der Waals surface area contributed by atoms with Crippen LogP contribution >= 0.6 is 46.4 Å². The summed E-state index contributed by atoms with van der Waals surface area (Å²) in [5.41, 5.74) is 2.23. The van der Waals surface area contributed by atoms with Gasteiger partial charge in [0.1, 0.15) is 0 Å². The predicted molar refractivity (Wildman–Crippen MR) is 144 cm³/mol. The van der Waals surface area contributed by atoms with Gasteiger partial charge in [-0.1, -0.05) is 104 Å². The van der Waals surface area contributed by atoms with Gasteiger partial charge in [0.25, 0.3) is 0 Å². The summed E-state index contributed by atoms with van der Waals surface area (Å²) < 4.78 is 13.9. The van der Waals surface area contributed by atoms with Gasteiger partial charge < -0.3 is 14.0 Å². The van der Waals surface area contributed by atoms with Crippen LogP contribution < -0.4 is 0 Å². The Labute approximate surface area is 230 Å². The van der Waals surface area contributed by atoms with E-state index in [1.54, 1.807) is 0 Å². The van der Waals surface area contributed by atoms with E-state index in [4.69, 9.17) is 55.9 Å². The molecule has 0 bridgehead atoms. The number of nitrogens with zero attached hydrogens (tertiary/aromatic N) is 1. The highest BCUT2D eigenvalue weighted by molar-refractivity contribution is 6.53. The van der Waals surface area contributed by atoms with Crippen LogP contribution in [0, 0.1) is 6.92 Å². The number of hydrogen-bond donors (Lipinski definition) is 0. The van der Waals surface area contributed by atoms with Crippen molar-refractivity contribution in [3.63, 3.8) is 0 Å². The third-order valence-electron chi connectivity index (χ3n) is 6.62. The van der Waals surface area contributed by atoms with Crippen molar-refractivity contribution in [1.29, 1.82) is 0 Å². The van der Waals surface area contributed by atoms with Crippen molar-refractivity contribution >= 4 is 69.2 Å². The Kier molecular flexibility index (Phi) is 8.16. The van der Waals surface area contributed by atoms with Crippen molar-refractivity contribution in [2.45, 2.75) is 71.6 Å². The van der Waals surface area contributed by atoms with Gasteiger partial charge in [0.2, 0.25) is 0 Å². The summed E-state index contributed by atoms with van der Waals surface area (Å²) in [6, 6.07) is 7.71. The van der Waals surface area contributed by atoms with E-state index in [0.29, 0.717) is 5.56 Å². The monoisotopic (exact) mass is 569 g/mol. The van der Waals surface area contributed by atoms with Crippen molar-refractivity contribution in [1.82, 2.24) is 4.57 Å². The smallest absolute Gasteiger partial charge is 0.344 e. The Balaban J connectivity index is 1.92. The largest absolute Gasteiger partial charge is 0.414 e. The van der Waals surface area contributed by atoms with E-state index in [0.717, 1.165) is 36.0 Å². The fourth-order valence-corrected chi connectivity index (χ4v) is 6.11. The second-order valence-corrected chi connectivity index (χ2v) is 10.5. The second-order valence-electron chi connectivity index (χ2n) is 9.00. The minimum Gasteiger partial charge on any atom is -0.414 e. The topological polar surface area (TPSA) is 57.5 Å². The number of ether oxygens (including phenoxy) is 2. The number of esters is 2. The number of hydrogen-bond acceptors (Lipinski definition) is 4. The molecule has 1 unspecified atom stereocenters. The molecule has 1 atom stereocenters. The zero-order valence-corrected chi connectivity index (χ0v) is 23.4. The van der Waals surface area contributed by atoms with Crippen LogP contribution in [-0.4, -0.2) is 16.5 Å². The average Bonchev–Trinajstić information content (AvgIpc) is 3.28. The van der Waals surface area contributed by atoms with Crippen LogP contribution in [0.5, 0.6) is 0 Å². The first kappa shape index (κ1) is 27.1. The van der Waals surface area contributed by atoms with E-state index in [1.807, 2.05) is 31.2 Å². The first-order valence-corrected chi connectivity index (χ1v) is 13.5. The van der Waals surface area contributed by atoms with Crippen molar-refractivity contribution in [3.05, 3.63) is 66.7 Å². The molecule has 0 aliphatic carbocycles. The van der Waals surface area contributed by atoms with Gasteiger partial charge in [0.05, 0.1) is 36.8 Å². The molecule has 0 radical (unpaired) electrons. The third-order valence-corrected chi connectivity index (χ3v) is 8.42. The highest BCUT2D eigenvalue weighted by Gasteiger charge is 2.56. The normalized spacial score (nSPS) is 16.9. The van der Waals surface area contributed by atoms with Gasteiger partial charge in [-0.15, -0.1) is 0 Å². The van der Waals surface area contributed by atoms with Crippen molar-refractivity contribution < 1.29 is 19.1 Å². The van der Waals surface area contributed by atoms with Gasteiger partial charge in [-0.05, 0) is 19.4 Å². The Hall–Kier alpha value is -1.92. The van der Waals surface area contributed by atoms with Crippen LogP contribution in [0.3, 0.4) is 0 Å². The SMILES string of the molecule is CCCCCCCCn1c(C)c(C2(OC(C)=O)OC(=O)c3c(Cl)c(Cl)c(Cl)c(Cl)c32)c2ccccc21. The number of para-hydroxylation sites is 1. The van der Waals surface area contributed by atoms with E-state index in [2.05, 4.69) is 11.5 Å². The quantitative estimate of drug-likeness (QED) is 0.111. The number of aryl methyl sites for hydroxylation is 1. The standard InChI is InChI=1S/C27H27Cl4NO4/c1-4-5-6-7-8-11-14-32-15(2)20(17-12-9-10-13-18(17)32)27(35-16(3)33)21-19(26(34)36-27)22(28)24(30)25(31)23(21)29/h9-10,12-13H,4-8,11,14H2,1-3H3. The number of aromatic nitrogens is 1. The molecule has 0 saturated carbocycles. The van der Waals surface area contributed by atoms with Crippen LogP contribution in [-0.2, 0) is 26.6 Å². The molecule has 2 aromatic carbocycles. The number of benzene rings is 2. The number of carbonyl (C=O) groups excluding carboxylic acids is 2. The summed E-state index contributed by atoms with van der Waals surface area (Å²) in [6.07, 6.45) is 6.91. The number of halogens is 4. The minimum absolute atomic E-state index is 0.0506. The fraction of sp³-hybridized carbons (Fsp3) is 0.407. The van der Waals surface area contributed by atoms with Crippen molar-refractivity contribution in [2.24, 2.45) is 0 Å². The number of rotatable bonds is 9. The molecule has 0 amide bonds. The molecule has 1 aliphatic rings. The van der Waals surface area contributed by atoms with E-state index in [9.17, 15) is 9.59 Å². The highest BCUT2D eigenvalue weighted by atomic mass is 35.5. The average molecular weight is 571 g/mol. The molecular formula is C27H27Cl4NO4. The molecule has 0 fully saturated rings. The lowest BCUT2D eigenvalue weighted by Crippen LogP contribution is -2.34. The van der Waals surface area contributed by atoms with Crippen LogP contribution in [0.4, 0.5) is 0 Å². The van der Waals surface area contributed by atoms with Crippen LogP contribution in [0.15, 0.2) is 24.3 Å². The van der Waals surface area contributed by atoms with Gasteiger partial charge in [0, 0.05) is 30.1 Å². The maximum atomic E-state index is 13.2. The zero-order valence-electron chi connectivity index (χ0n) is 20.4. The maximum absolute atomic E-state index is 13.2. The zero-order chi connectivity index (χ0) is 26.2. The molecule has 1 aliphatic heterocycles. The lowest BCUT2D eigenvalue weighted by Gasteiger charge is -2.29. The number of carbonyl (C=O) groups is 2. The molecule has 192 valence electrons. The summed E-state index contributed by atoms with van der Waals surface area (Å²) in [5, 5.41) is 0.486.